The second kappa shape index (κ2) is 11.2. The summed E-state index contributed by atoms with van der Waals surface area (Å²) in [7, 11) is 0. The van der Waals surface area contributed by atoms with Crippen LogP contribution in [-0.2, 0) is 9.53 Å². The van der Waals surface area contributed by atoms with Crippen LogP contribution in [0.1, 0.15) is 71.1 Å². The Morgan fingerprint density at radius 2 is 2.11 bits per heavy atom. The lowest BCUT2D eigenvalue weighted by atomic mass is 9.89. The minimum atomic E-state index is -2.42. The van der Waals surface area contributed by atoms with E-state index in [0.717, 1.165) is 19.3 Å². The normalized spacial score (nSPS) is 28.6. The number of carbonyl (C=O) groups is 1. The van der Waals surface area contributed by atoms with Gasteiger partial charge in [-0.25, -0.2) is 0 Å². The first kappa shape index (κ1) is 23.3. The summed E-state index contributed by atoms with van der Waals surface area (Å²) in [5.74, 6) is -1.68. The van der Waals surface area contributed by atoms with Crippen LogP contribution in [-0.4, -0.2) is 45.7 Å². The summed E-state index contributed by atoms with van der Waals surface area (Å²) >= 11 is 0. The Hall–Kier alpha value is -1.01. The second-order valence-corrected chi connectivity index (χ2v) is 8.53. The summed E-state index contributed by atoms with van der Waals surface area (Å²) in [5.41, 5.74) is 0. The highest BCUT2D eigenvalue weighted by molar-refractivity contribution is 5.86. The fourth-order valence-electron chi connectivity index (χ4n) is 4.66. The Kier molecular flexibility index (Phi) is 9.35. The molecule has 0 radical (unpaired) electrons. The Bertz CT molecular complexity index is 527. The van der Waals surface area contributed by atoms with Gasteiger partial charge in [-0.15, -0.1) is 6.58 Å². The van der Waals surface area contributed by atoms with Gasteiger partial charge in [-0.3, -0.25) is 4.79 Å². The Morgan fingerprint density at radius 3 is 2.79 bits per heavy atom. The van der Waals surface area contributed by atoms with Crippen LogP contribution in [0.4, 0.5) is 0 Å². The molecule has 5 nitrogen and oxygen atoms in total. The highest BCUT2D eigenvalue weighted by Gasteiger charge is 2.43. The molecule has 0 spiro atoms. The number of ketones is 1. The molecule has 1 saturated carbocycles. The molecule has 0 unspecified atom stereocenters. The van der Waals surface area contributed by atoms with E-state index < -0.39 is 18.2 Å². The van der Waals surface area contributed by atoms with Gasteiger partial charge in [-0.2, -0.15) is 0 Å². The van der Waals surface area contributed by atoms with Crippen LogP contribution in [0.15, 0.2) is 24.8 Å². The summed E-state index contributed by atoms with van der Waals surface area (Å²) in [5, 5.41) is 28.1. The van der Waals surface area contributed by atoms with E-state index in [1.54, 1.807) is 0 Å². The summed E-state index contributed by atoms with van der Waals surface area (Å²) in [6.45, 7) is 5.33. The molecular weight excluding hydrogens is 356 g/mol. The van der Waals surface area contributed by atoms with E-state index in [9.17, 15) is 15.0 Å². The minimum Gasteiger partial charge on any atom is -0.388 e. The molecular formula is C23H38O5. The number of rotatable bonds is 13. The summed E-state index contributed by atoms with van der Waals surface area (Å²) in [6, 6.07) is 0. The van der Waals surface area contributed by atoms with Crippen molar-refractivity contribution < 1.29 is 24.9 Å². The van der Waals surface area contributed by atoms with Crippen LogP contribution in [0.3, 0.4) is 0 Å². The highest BCUT2D eigenvalue weighted by Crippen LogP contribution is 2.45. The molecule has 28 heavy (non-hydrogen) atoms. The monoisotopic (exact) mass is 394 g/mol. The molecule has 5 atom stereocenters. The third kappa shape index (κ3) is 6.51. The van der Waals surface area contributed by atoms with E-state index in [1.165, 1.54) is 25.7 Å². The van der Waals surface area contributed by atoms with Gasteiger partial charge in [0.15, 0.2) is 0 Å². The first-order valence-corrected chi connectivity index (χ1v) is 10.9. The van der Waals surface area contributed by atoms with E-state index in [1.807, 2.05) is 0 Å². The third-order valence-corrected chi connectivity index (χ3v) is 6.44. The largest absolute Gasteiger partial charge is 0.388 e. The number of hydrogen-bond donors (Lipinski definition) is 3. The number of allylic oxidation sites excluding steroid dienone is 3. The van der Waals surface area contributed by atoms with Crippen molar-refractivity contribution >= 4 is 5.78 Å². The molecule has 0 aromatic carbocycles. The lowest BCUT2D eigenvalue weighted by molar-refractivity contribution is -0.188. The molecule has 1 aliphatic carbocycles. The maximum absolute atomic E-state index is 11.3. The molecule has 1 heterocycles. The summed E-state index contributed by atoms with van der Waals surface area (Å²) in [6.07, 6.45) is 16.4. The second-order valence-electron chi connectivity index (χ2n) is 8.53. The lowest BCUT2D eigenvalue weighted by Gasteiger charge is -2.20. The van der Waals surface area contributed by atoms with Gasteiger partial charge in [0, 0.05) is 6.42 Å². The van der Waals surface area contributed by atoms with Crippen LogP contribution in [0.25, 0.3) is 0 Å². The molecule has 2 aliphatic rings. The van der Waals surface area contributed by atoms with Crippen LogP contribution < -0.4 is 0 Å². The van der Waals surface area contributed by atoms with E-state index in [4.69, 9.17) is 9.84 Å². The van der Waals surface area contributed by atoms with E-state index in [0.29, 0.717) is 36.7 Å². The van der Waals surface area contributed by atoms with Gasteiger partial charge in [0.25, 0.3) is 0 Å². The van der Waals surface area contributed by atoms with E-state index in [-0.39, 0.29) is 12.5 Å². The zero-order valence-corrected chi connectivity index (χ0v) is 17.3. The van der Waals surface area contributed by atoms with Crippen molar-refractivity contribution in [3.8, 4) is 0 Å². The fraction of sp³-hybridized carbons (Fsp3) is 0.783. The van der Waals surface area contributed by atoms with Gasteiger partial charge in [0.05, 0.1) is 12.2 Å². The average molecular weight is 395 g/mol. The Labute approximate surface area is 169 Å². The smallest absolute Gasteiger partial charge is 0.226 e. The van der Waals surface area contributed by atoms with Crippen molar-refractivity contribution in [3.05, 3.63) is 24.8 Å². The van der Waals surface area contributed by atoms with Crippen molar-refractivity contribution in [1.29, 1.82) is 0 Å². The van der Waals surface area contributed by atoms with Gasteiger partial charge in [-0.05, 0) is 62.7 Å². The van der Waals surface area contributed by atoms with Crippen molar-refractivity contribution in [2.24, 2.45) is 17.8 Å². The van der Waals surface area contributed by atoms with E-state index >= 15 is 0 Å². The number of fused-ring (bicyclic) bond motifs is 1. The SMILES string of the molecule is C=C[C@H](CC=C[C@H]1CC[C@H]2O[C@@H](CCCC(O)(O)C(=O)CO)C[C@H]12)CCCC. The van der Waals surface area contributed by atoms with Crippen molar-refractivity contribution in [2.45, 2.75) is 89.1 Å². The predicted octanol–water partition coefficient (Wildman–Crippen LogP) is 3.52. The van der Waals surface area contributed by atoms with Gasteiger partial charge in [-0.1, -0.05) is 38.0 Å². The van der Waals surface area contributed by atoms with Crippen LogP contribution in [0, 0.1) is 17.8 Å². The van der Waals surface area contributed by atoms with Gasteiger partial charge in [0.2, 0.25) is 11.6 Å². The maximum Gasteiger partial charge on any atom is 0.226 e. The average Bonchev–Trinajstić information content (AvgIpc) is 3.24. The van der Waals surface area contributed by atoms with Gasteiger partial charge < -0.3 is 20.1 Å². The molecule has 0 aromatic heterocycles. The predicted molar refractivity (Wildman–Crippen MR) is 110 cm³/mol. The molecule has 0 amide bonds. The summed E-state index contributed by atoms with van der Waals surface area (Å²) in [4.78, 5) is 11.3. The van der Waals surface area contributed by atoms with Crippen molar-refractivity contribution in [2.75, 3.05) is 6.61 Å². The van der Waals surface area contributed by atoms with E-state index in [2.05, 4.69) is 31.7 Å². The Balaban J connectivity index is 1.74. The minimum absolute atomic E-state index is 0.0639. The highest BCUT2D eigenvalue weighted by atomic mass is 16.5. The zero-order valence-electron chi connectivity index (χ0n) is 17.3. The summed E-state index contributed by atoms with van der Waals surface area (Å²) < 4.78 is 6.17. The van der Waals surface area contributed by atoms with Gasteiger partial charge in [0.1, 0.15) is 6.61 Å². The maximum atomic E-state index is 11.3. The zero-order chi connectivity index (χ0) is 20.6. The fourth-order valence-corrected chi connectivity index (χ4v) is 4.66. The topological polar surface area (TPSA) is 87.0 Å². The van der Waals surface area contributed by atoms with Crippen LogP contribution in [0.5, 0.6) is 0 Å². The molecule has 1 aliphatic heterocycles. The number of carbonyl (C=O) groups excluding carboxylic acids is 1. The first-order chi connectivity index (χ1) is 13.4. The molecule has 160 valence electrons. The molecule has 0 aromatic rings. The van der Waals surface area contributed by atoms with Crippen molar-refractivity contribution in [1.82, 2.24) is 0 Å². The number of unbranched alkanes of at least 4 members (excludes halogenated alkanes) is 1. The number of hydrogen-bond acceptors (Lipinski definition) is 5. The standard InChI is InChI=1S/C23H38O5/c1-3-5-8-17(4-2)9-6-10-18-12-13-21-20(18)15-19(28-21)11-7-14-23(26,27)22(25)16-24/h4,6,10,17-21,24,26-27H,2-3,5,7-9,11-16H2,1H3/t17-,18-,19-,20+,21+/m0/s1. The first-order valence-electron chi connectivity index (χ1n) is 10.9. The lowest BCUT2D eigenvalue weighted by Crippen LogP contribution is -2.40. The van der Waals surface area contributed by atoms with Crippen LogP contribution in [0.2, 0.25) is 0 Å². The Morgan fingerprint density at radius 1 is 1.32 bits per heavy atom. The molecule has 5 heteroatoms. The molecule has 2 fully saturated rings. The molecule has 3 N–H and O–H groups in total. The number of ether oxygens (including phenoxy) is 1. The van der Waals surface area contributed by atoms with Gasteiger partial charge >= 0.3 is 0 Å². The quantitative estimate of drug-likeness (QED) is 0.329. The number of aliphatic hydroxyl groups excluding tert-OH is 1. The molecule has 1 saturated heterocycles. The van der Waals surface area contributed by atoms with Crippen LogP contribution >= 0.6 is 0 Å². The number of aliphatic hydroxyl groups is 3. The third-order valence-electron chi connectivity index (χ3n) is 6.44. The number of Topliss-reactive ketones (excluding diaryl/α,β-unsaturated/α-hetero) is 1. The molecule has 0 bridgehead atoms. The van der Waals surface area contributed by atoms with Crippen molar-refractivity contribution in [3.63, 3.8) is 0 Å². The molecule has 2 rings (SSSR count).